The molecule has 0 amide bonds. The molecule has 2 fully saturated rings. The Morgan fingerprint density at radius 1 is 1.37 bits per heavy atom. The summed E-state index contributed by atoms with van der Waals surface area (Å²) in [4.78, 5) is 4.75. The van der Waals surface area contributed by atoms with Crippen LogP contribution >= 0.6 is 11.6 Å². The first-order valence-corrected chi connectivity index (χ1v) is 7.78. The highest BCUT2D eigenvalue weighted by molar-refractivity contribution is 6.16. The van der Waals surface area contributed by atoms with Crippen molar-refractivity contribution in [1.82, 2.24) is 9.55 Å². The van der Waals surface area contributed by atoms with Crippen molar-refractivity contribution < 1.29 is 0 Å². The van der Waals surface area contributed by atoms with Crippen LogP contribution in [0.5, 0.6) is 0 Å². The second kappa shape index (κ2) is 3.99. The minimum atomic E-state index is 0.509. The molecule has 2 saturated carbocycles. The molecule has 1 aromatic heterocycles. The Hall–Kier alpha value is -1.02. The molecule has 0 bridgehead atoms. The second-order valence-corrected chi connectivity index (χ2v) is 6.59. The van der Waals surface area contributed by atoms with Crippen molar-refractivity contribution >= 4 is 22.6 Å². The van der Waals surface area contributed by atoms with Crippen LogP contribution in [0.1, 0.15) is 37.1 Å². The van der Waals surface area contributed by atoms with Gasteiger partial charge in [-0.05, 0) is 55.6 Å². The van der Waals surface area contributed by atoms with Gasteiger partial charge < -0.3 is 4.57 Å². The molecule has 0 N–H and O–H groups in total. The number of aromatic nitrogens is 2. The van der Waals surface area contributed by atoms with E-state index >= 15 is 0 Å². The largest absolute Gasteiger partial charge is 0.326 e. The van der Waals surface area contributed by atoms with Crippen molar-refractivity contribution in [2.24, 2.45) is 11.3 Å². The van der Waals surface area contributed by atoms with E-state index in [1.807, 2.05) is 0 Å². The number of imidazole rings is 1. The minimum Gasteiger partial charge on any atom is -0.326 e. The van der Waals surface area contributed by atoms with Crippen molar-refractivity contribution in [2.75, 3.05) is 0 Å². The summed E-state index contributed by atoms with van der Waals surface area (Å²) in [5.74, 6) is 2.52. The Kier molecular flexibility index (Phi) is 2.47. The molecule has 1 heterocycles. The Balaban J connectivity index is 1.81. The molecule has 2 aliphatic rings. The highest BCUT2D eigenvalue weighted by Gasteiger charge is 2.54. The lowest BCUT2D eigenvalue weighted by Crippen LogP contribution is -2.15. The first kappa shape index (κ1) is 11.8. The predicted octanol–water partition coefficient (Wildman–Crippen LogP) is 4.27. The second-order valence-electron chi connectivity index (χ2n) is 6.33. The van der Waals surface area contributed by atoms with Crippen LogP contribution in [0.2, 0.25) is 0 Å². The summed E-state index contributed by atoms with van der Waals surface area (Å²) in [6.07, 6.45) is 5.65. The number of rotatable bonds is 4. The zero-order valence-corrected chi connectivity index (χ0v) is 12.1. The third kappa shape index (κ3) is 1.80. The van der Waals surface area contributed by atoms with E-state index in [4.69, 9.17) is 16.6 Å². The molecule has 19 heavy (non-hydrogen) atoms. The highest BCUT2D eigenvalue weighted by Crippen LogP contribution is 2.62. The monoisotopic (exact) mass is 274 g/mol. The maximum absolute atomic E-state index is 6.12. The number of fused-ring (bicyclic) bond motifs is 1. The average molecular weight is 275 g/mol. The molecule has 3 heteroatoms. The van der Waals surface area contributed by atoms with Crippen molar-refractivity contribution in [2.45, 2.75) is 45.0 Å². The van der Waals surface area contributed by atoms with Gasteiger partial charge >= 0.3 is 0 Å². The Bertz CT molecular complexity index is 635. The lowest BCUT2D eigenvalue weighted by atomic mass is 10.0. The molecule has 0 spiro atoms. The number of hydrogen-bond donors (Lipinski definition) is 0. The normalized spacial score (nSPS) is 20.9. The topological polar surface area (TPSA) is 17.8 Å². The van der Waals surface area contributed by atoms with Gasteiger partial charge in [0, 0.05) is 6.54 Å². The summed E-state index contributed by atoms with van der Waals surface area (Å²) < 4.78 is 2.39. The van der Waals surface area contributed by atoms with Crippen molar-refractivity contribution in [3.8, 4) is 0 Å². The lowest BCUT2D eigenvalue weighted by Gasteiger charge is -2.17. The van der Waals surface area contributed by atoms with E-state index in [0.717, 1.165) is 23.8 Å². The molecular formula is C16H19ClN2. The lowest BCUT2D eigenvalue weighted by molar-refractivity contribution is 0.371. The van der Waals surface area contributed by atoms with Crippen LogP contribution in [0.3, 0.4) is 0 Å². The fraction of sp³-hybridized carbons (Fsp3) is 0.562. The van der Waals surface area contributed by atoms with Gasteiger partial charge in [-0.25, -0.2) is 4.98 Å². The molecule has 2 aliphatic carbocycles. The van der Waals surface area contributed by atoms with Crippen LogP contribution in [0.15, 0.2) is 18.2 Å². The maximum atomic E-state index is 6.12. The third-order valence-electron chi connectivity index (χ3n) is 4.99. The van der Waals surface area contributed by atoms with E-state index in [1.54, 1.807) is 0 Å². The zero-order valence-electron chi connectivity index (χ0n) is 11.3. The number of alkyl halides is 1. The SMILES string of the molecule is Cc1cccc2c1nc(CCl)n2CC1(C2CC2)CC1. The number of para-hydroxylation sites is 1. The molecule has 100 valence electrons. The van der Waals surface area contributed by atoms with Crippen LogP contribution in [0, 0.1) is 18.3 Å². The van der Waals surface area contributed by atoms with Crippen LogP contribution in [-0.2, 0) is 12.4 Å². The zero-order chi connectivity index (χ0) is 13.0. The summed E-state index contributed by atoms with van der Waals surface area (Å²) in [7, 11) is 0. The van der Waals surface area contributed by atoms with Gasteiger partial charge in [0.05, 0.1) is 16.9 Å². The van der Waals surface area contributed by atoms with Gasteiger partial charge in [0.15, 0.2) is 0 Å². The smallest absolute Gasteiger partial charge is 0.124 e. The summed E-state index contributed by atoms with van der Waals surface area (Å²) >= 11 is 6.12. The Labute approximate surface area is 118 Å². The third-order valence-corrected chi connectivity index (χ3v) is 5.23. The molecule has 0 saturated heterocycles. The van der Waals surface area contributed by atoms with Crippen molar-refractivity contribution in [3.05, 3.63) is 29.6 Å². The molecule has 0 atom stereocenters. The molecular weight excluding hydrogens is 256 g/mol. The van der Waals surface area contributed by atoms with Crippen molar-refractivity contribution in [3.63, 3.8) is 0 Å². The molecule has 0 aliphatic heterocycles. The van der Waals surface area contributed by atoms with E-state index in [1.165, 1.54) is 36.8 Å². The fourth-order valence-electron chi connectivity index (χ4n) is 3.48. The first-order chi connectivity index (χ1) is 9.23. The highest BCUT2D eigenvalue weighted by atomic mass is 35.5. The Morgan fingerprint density at radius 3 is 2.79 bits per heavy atom. The van der Waals surface area contributed by atoms with E-state index < -0.39 is 0 Å². The van der Waals surface area contributed by atoms with Crippen molar-refractivity contribution in [1.29, 1.82) is 0 Å². The number of nitrogens with zero attached hydrogens (tertiary/aromatic N) is 2. The van der Waals surface area contributed by atoms with Gasteiger partial charge in [-0.2, -0.15) is 0 Å². The van der Waals surface area contributed by atoms with Crippen LogP contribution < -0.4 is 0 Å². The molecule has 0 radical (unpaired) electrons. The van der Waals surface area contributed by atoms with Crippen LogP contribution in [0.4, 0.5) is 0 Å². The van der Waals surface area contributed by atoms with Gasteiger partial charge in [-0.15, -0.1) is 11.6 Å². The quantitative estimate of drug-likeness (QED) is 0.761. The van der Waals surface area contributed by atoms with Gasteiger partial charge in [0.2, 0.25) is 0 Å². The summed E-state index contributed by atoms with van der Waals surface area (Å²) in [5, 5.41) is 0. The van der Waals surface area contributed by atoms with E-state index in [0.29, 0.717) is 11.3 Å². The number of hydrogen-bond acceptors (Lipinski definition) is 1. The van der Waals surface area contributed by atoms with Gasteiger partial charge in [0.25, 0.3) is 0 Å². The van der Waals surface area contributed by atoms with E-state index in [2.05, 4.69) is 29.7 Å². The minimum absolute atomic E-state index is 0.509. The molecule has 0 unspecified atom stereocenters. The van der Waals surface area contributed by atoms with Crippen LogP contribution in [0.25, 0.3) is 11.0 Å². The average Bonchev–Trinajstić information content (AvgIpc) is 3.28. The van der Waals surface area contributed by atoms with Gasteiger partial charge in [0.1, 0.15) is 5.82 Å². The fourth-order valence-corrected chi connectivity index (χ4v) is 3.68. The summed E-state index contributed by atoms with van der Waals surface area (Å²) in [6, 6.07) is 6.45. The van der Waals surface area contributed by atoms with Gasteiger partial charge in [-0.3, -0.25) is 0 Å². The molecule has 2 nitrogen and oxygen atoms in total. The standard InChI is InChI=1S/C16H19ClN2/c1-11-3-2-4-13-15(11)18-14(9-17)19(13)10-16(7-8-16)12-5-6-12/h2-4,12H,5-10H2,1H3. The predicted molar refractivity (Wildman–Crippen MR) is 78.4 cm³/mol. The van der Waals surface area contributed by atoms with E-state index in [9.17, 15) is 0 Å². The van der Waals surface area contributed by atoms with E-state index in [-0.39, 0.29) is 0 Å². The number of benzene rings is 1. The summed E-state index contributed by atoms with van der Waals surface area (Å²) in [5.41, 5.74) is 4.23. The number of aryl methyl sites for hydroxylation is 1. The molecule has 1 aromatic carbocycles. The van der Waals surface area contributed by atoms with Gasteiger partial charge in [-0.1, -0.05) is 12.1 Å². The number of halogens is 1. The van der Waals surface area contributed by atoms with Crippen LogP contribution in [-0.4, -0.2) is 9.55 Å². The summed E-state index contributed by atoms with van der Waals surface area (Å²) in [6.45, 7) is 3.26. The molecule has 4 rings (SSSR count). The maximum Gasteiger partial charge on any atom is 0.124 e. The Morgan fingerprint density at radius 2 is 2.16 bits per heavy atom. The first-order valence-electron chi connectivity index (χ1n) is 7.24. The molecule has 2 aromatic rings.